The van der Waals surface area contributed by atoms with E-state index in [0.29, 0.717) is 13.2 Å². The molecule has 0 N–H and O–H groups in total. The summed E-state index contributed by atoms with van der Waals surface area (Å²) in [5.41, 5.74) is 1.17. The molecule has 1 saturated carbocycles. The van der Waals surface area contributed by atoms with Gasteiger partial charge in [0.15, 0.2) is 5.82 Å². The fourth-order valence-corrected chi connectivity index (χ4v) is 4.67. The summed E-state index contributed by atoms with van der Waals surface area (Å²) in [6.07, 6.45) is 5.48. The second-order valence-electron chi connectivity index (χ2n) is 7.72. The van der Waals surface area contributed by atoms with Gasteiger partial charge in [-0.2, -0.15) is 0 Å². The molecule has 1 saturated heterocycles. The number of tetrazole rings is 1. The molecule has 1 aromatic carbocycles. The molecule has 7 nitrogen and oxygen atoms in total. The number of halogens is 1. The van der Waals surface area contributed by atoms with Gasteiger partial charge in [0.05, 0.1) is 19.2 Å². The second-order valence-corrected chi connectivity index (χ2v) is 8.15. The number of aromatic nitrogens is 4. The van der Waals surface area contributed by atoms with Gasteiger partial charge in [0.2, 0.25) is 0 Å². The van der Waals surface area contributed by atoms with Crippen molar-refractivity contribution < 1.29 is 4.74 Å². The average Bonchev–Trinajstić information content (AvgIpc) is 3.41. The molecule has 1 aliphatic carbocycles. The summed E-state index contributed by atoms with van der Waals surface area (Å²) in [4.78, 5) is 5.18. The Morgan fingerprint density at radius 2 is 1.82 bits per heavy atom. The van der Waals surface area contributed by atoms with Crippen molar-refractivity contribution >= 4 is 11.6 Å². The van der Waals surface area contributed by atoms with Crippen LogP contribution in [-0.2, 0) is 11.3 Å². The molecular formula is C20H29ClN6O. The quantitative estimate of drug-likeness (QED) is 0.707. The van der Waals surface area contributed by atoms with E-state index in [2.05, 4.69) is 37.5 Å². The summed E-state index contributed by atoms with van der Waals surface area (Å²) in [5.74, 6) is 0.869. The lowest BCUT2D eigenvalue weighted by Crippen LogP contribution is -2.51. The Morgan fingerprint density at radius 3 is 2.50 bits per heavy atom. The molecule has 28 heavy (non-hydrogen) atoms. The average molecular weight is 405 g/mol. The minimum atomic E-state index is 0.0230. The SMILES string of the molecule is COCCn1nnnc1[C@@H](c1ccc(Cl)cc1)N1CCN(C2CCCC2)CC1. The van der Waals surface area contributed by atoms with Crippen molar-refractivity contribution in [1.82, 2.24) is 30.0 Å². The topological polar surface area (TPSA) is 59.3 Å². The van der Waals surface area contributed by atoms with Gasteiger partial charge in [-0.15, -0.1) is 5.10 Å². The fourth-order valence-electron chi connectivity index (χ4n) is 4.54. The van der Waals surface area contributed by atoms with Crippen molar-refractivity contribution in [2.75, 3.05) is 39.9 Å². The van der Waals surface area contributed by atoms with E-state index in [-0.39, 0.29) is 6.04 Å². The molecule has 0 radical (unpaired) electrons. The van der Waals surface area contributed by atoms with Crippen LogP contribution in [0.2, 0.25) is 5.02 Å². The van der Waals surface area contributed by atoms with Crippen molar-refractivity contribution in [2.24, 2.45) is 0 Å². The third-order valence-electron chi connectivity index (χ3n) is 6.05. The number of hydrogen-bond acceptors (Lipinski definition) is 6. The number of hydrogen-bond donors (Lipinski definition) is 0. The predicted molar refractivity (Wildman–Crippen MR) is 108 cm³/mol. The molecule has 0 unspecified atom stereocenters. The Labute approximate surface area is 171 Å². The molecule has 0 spiro atoms. The van der Waals surface area contributed by atoms with E-state index in [4.69, 9.17) is 16.3 Å². The lowest BCUT2D eigenvalue weighted by Gasteiger charge is -2.41. The van der Waals surface area contributed by atoms with E-state index in [0.717, 1.165) is 43.1 Å². The molecule has 1 aromatic heterocycles. The van der Waals surface area contributed by atoms with Gasteiger partial charge < -0.3 is 4.74 Å². The Morgan fingerprint density at radius 1 is 1.11 bits per heavy atom. The molecule has 0 amide bonds. The molecule has 4 rings (SSSR count). The fraction of sp³-hybridized carbons (Fsp3) is 0.650. The molecule has 152 valence electrons. The molecule has 8 heteroatoms. The zero-order chi connectivity index (χ0) is 19.3. The van der Waals surface area contributed by atoms with Crippen molar-refractivity contribution in [3.05, 3.63) is 40.7 Å². The highest BCUT2D eigenvalue weighted by atomic mass is 35.5. The summed E-state index contributed by atoms with van der Waals surface area (Å²) in [6.45, 7) is 5.47. The second kappa shape index (κ2) is 9.31. The first-order valence-electron chi connectivity index (χ1n) is 10.2. The van der Waals surface area contributed by atoms with E-state index in [1.807, 2.05) is 16.8 Å². The van der Waals surface area contributed by atoms with Crippen molar-refractivity contribution in [1.29, 1.82) is 0 Å². The van der Waals surface area contributed by atoms with Crippen LogP contribution in [0.5, 0.6) is 0 Å². The van der Waals surface area contributed by atoms with Gasteiger partial charge in [0.1, 0.15) is 0 Å². The van der Waals surface area contributed by atoms with Crippen LogP contribution in [0.25, 0.3) is 0 Å². The molecule has 2 aliphatic rings. The maximum absolute atomic E-state index is 6.14. The molecule has 2 heterocycles. The van der Waals surface area contributed by atoms with E-state index >= 15 is 0 Å². The number of nitrogens with zero attached hydrogens (tertiary/aromatic N) is 6. The summed E-state index contributed by atoms with van der Waals surface area (Å²) < 4.78 is 7.10. The van der Waals surface area contributed by atoms with Crippen LogP contribution in [0.4, 0.5) is 0 Å². The van der Waals surface area contributed by atoms with Crippen LogP contribution in [0.15, 0.2) is 24.3 Å². The van der Waals surface area contributed by atoms with E-state index in [1.54, 1.807) is 7.11 Å². The standard InChI is InChI=1S/C20H29ClN6O/c1-28-15-14-27-20(22-23-24-27)19(16-6-8-17(21)9-7-16)26-12-10-25(11-13-26)18-4-2-3-5-18/h6-9,18-19H,2-5,10-15H2,1H3/t19-/m1/s1. The van der Waals surface area contributed by atoms with Gasteiger partial charge in [-0.1, -0.05) is 36.6 Å². The maximum Gasteiger partial charge on any atom is 0.173 e. The highest BCUT2D eigenvalue weighted by Gasteiger charge is 2.32. The van der Waals surface area contributed by atoms with Crippen molar-refractivity contribution in [2.45, 2.75) is 44.3 Å². The van der Waals surface area contributed by atoms with E-state index in [9.17, 15) is 0 Å². The minimum absolute atomic E-state index is 0.0230. The lowest BCUT2D eigenvalue weighted by molar-refractivity contribution is 0.0763. The number of methoxy groups -OCH3 is 1. The maximum atomic E-state index is 6.14. The zero-order valence-electron chi connectivity index (χ0n) is 16.5. The third kappa shape index (κ3) is 4.38. The summed E-state index contributed by atoms with van der Waals surface area (Å²) >= 11 is 6.14. The molecule has 0 bridgehead atoms. The Hall–Kier alpha value is -1.54. The first-order valence-corrected chi connectivity index (χ1v) is 10.6. The highest BCUT2D eigenvalue weighted by molar-refractivity contribution is 6.30. The number of ether oxygens (including phenoxy) is 1. The first-order chi connectivity index (χ1) is 13.8. The Kier molecular flexibility index (Phi) is 6.57. The Bertz CT molecular complexity index is 737. The summed E-state index contributed by atoms with van der Waals surface area (Å²) in [5, 5.41) is 13.3. The van der Waals surface area contributed by atoms with Crippen LogP contribution < -0.4 is 0 Å². The monoisotopic (exact) mass is 404 g/mol. The van der Waals surface area contributed by atoms with Crippen molar-refractivity contribution in [3.63, 3.8) is 0 Å². The molecule has 1 aliphatic heterocycles. The normalized spacial score (nSPS) is 20.6. The molecule has 1 atom stereocenters. The van der Waals surface area contributed by atoms with Crippen LogP contribution in [0, 0.1) is 0 Å². The smallest absolute Gasteiger partial charge is 0.173 e. The summed E-state index contributed by atoms with van der Waals surface area (Å²) in [7, 11) is 1.70. The number of rotatable bonds is 7. The molecule has 2 fully saturated rings. The van der Waals surface area contributed by atoms with Gasteiger partial charge in [0, 0.05) is 44.4 Å². The van der Waals surface area contributed by atoms with Crippen LogP contribution >= 0.6 is 11.6 Å². The van der Waals surface area contributed by atoms with Crippen LogP contribution in [0.3, 0.4) is 0 Å². The van der Waals surface area contributed by atoms with E-state index in [1.165, 1.54) is 31.2 Å². The van der Waals surface area contributed by atoms with Gasteiger partial charge in [-0.05, 0) is 41.0 Å². The van der Waals surface area contributed by atoms with Crippen LogP contribution in [-0.4, -0.2) is 75.9 Å². The van der Waals surface area contributed by atoms with Gasteiger partial charge in [-0.25, -0.2) is 4.68 Å². The Balaban J connectivity index is 1.55. The lowest BCUT2D eigenvalue weighted by atomic mass is 10.0. The van der Waals surface area contributed by atoms with Gasteiger partial charge >= 0.3 is 0 Å². The molecule has 2 aromatic rings. The number of piperazine rings is 1. The third-order valence-corrected chi connectivity index (χ3v) is 6.30. The van der Waals surface area contributed by atoms with Gasteiger partial charge in [-0.3, -0.25) is 9.80 Å². The summed E-state index contributed by atoms with van der Waals surface area (Å²) in [6, 6.07) is 8.87. The largest absolute Gasteiger partial charge is 0.383 e. The number of benzene rings is 1. The first kappa shape index (κ1) is 19.8. The van der Waals surface area contributed by atoms with E-state index < -0.39 is 0 Å². The predicted octanol–water partition coefficient (Wildman–Crippen LogP) is 2.62. The highest BCUT2D eigenvalue weighted by Crippen LogP contribution is 2.31. The zero-order valence-corrected chi connectivity index (χ0v) is 17.3. The van der Waals surface area contributed by atoms with Crippen LogP contribution in [0.1, 0.15) is 43.1 Å². The molecular weight excluding hydrogens is 376 g/mol. The minimum Gasteiger partial charge on any atom is -0.383 e. The van der Waals surface area contributed by atoms with Gasteiger partial charge in [0.25, 0.3) is 0 Å². The van der Waals surface area contributed by atoms with Crippen molar-refractivity contribution in [3.8, 4) is 0 Å².